The maximum absolute atomic E-state index is 11.6. The molecule has 0 bridgehead atoms. The van der Waals surface area contributed by atoms with Gasteiger partial charge in [-0.1, -0.05) is 6.92 Å². The first-order chi connectivity index (χ1) is 7.65. The molecule has 1 N–H and O–H groups in total. The molecule has 86 valence electrons. The summed E-state index contributed by atoms with van der Waals surface area (Å²) in [5.74, 6) is -0.274. The number of rotatable bonds is 4. The summed E-state index contributed by atoms with van der Waals surface area (Å²) < 4.78 is 5.97. The van der Waals surface area contributed by atoms with Gasteiger partial charge in [0.15, 0.2) is 0 Å². The minimum atomic E-state index is -0.314. The molecule has 1 heterocycles. The molecule has 0 radical (unpaired) electrons. The molecule has 0 aromatic carbocycles. The summed E-state index contributed by atoms with van der Waals surface area (Å²) in [6.07, 6.45) is 0.539. The third-order valence-corrected chi connectivity index (χ3v) is 2.38. The largest absolute Gasteiger partial charge is 0.493 e. The number of nitriles is 1. The van der Waals surface area contributed by atoms with Crippen LogP contribution in [0.2, 0.25) is 0 Å². The standard InChI is InChI=1S/C11H14N2O3/c1-3-8-6-10(14)13(4-5-16-2)11(15)9(8)7-12/h6,15H,3-5H2,1-2H3. The lowest BCUT2D eigenvalue weighted by atomic mass is 10.1. The van der Waals surface area contributed by atoms with E-state index >= 15 is 0 Å². The van der Waals surface area contributed by atoms with Crippen LogP contribution in [0.4, 0.5) is 0 Å². The second-order valence-electron chi connectivity index (χ2n) is 3.32. The van der Waals surface area contributed by atoms with E-state index < -0.39 is 0 Å². The number of hydrogen-bond acceptors (Lipinski definition) is 4. The average Bonchev–Trinajstić information content (AvgIpc) is 2.28. The minimum Gasteiger partial charge on any atom is -0.493 e. The van der Waals surface area contributed by atoms with E-state index in [-0.39, 0.29) is 23.5 Å². The molecule has 1 aromatic heterocycles. The Labute approximate surface area is 93.5 Å². The molecule has 0 saturated carbocycles. The van der Waals surface area contributed by atoms with Crippen LogP contribution in [0.25, 0.3) is 0 Å². The molecular weight excluding hydrogens is 208 g/mol. The molecular formula is C11H14N2O3. The van der Waals surface area contributed by atoms with E-state index in [1.54, 1.807) is 0 Å². The lowest BCUT2D eigenvalue weighted by molar-refractivity contribution is 0.182. The number of aryl methyl sites for hydroxylation is 1. The number of pyridine rings is 1. The molecule has 0 spiro atoms. The quantitative estimate of drug-likeness (QED) is 0.810. The lowest BCUT2D eigenvalue weighted by Gasteiger charge is -2.11. The minimum absolute atomic E-state index is 0.165. The molecule has 0 aliphatic rings. The van der Waals surface area contributed by atoms with E-state index in [2.05, 4.69) is 0 Å². The van der Waals surface area contributed by atoms with E-state index in [9.17, 15) is 9.90 Å². The van der Waals surface area contributed by atoms with Gasteiger partial charge in [-0.05, 0) is 12.0 Å². The Morgan fingerprint density at radius 2 is 2.31 bits per heavy atom. The van der Waals surface area contributed by atoms with Crippen molar-refractivity contribution in [2.75, 3.05) is 13.7 Å². The number of ether oxygens (including phenoxy) is 1. The topological polar surface area (TPSA) is 75.2 Å². The maximum Gasteiger partial charge on any atom is 0.253 e. The third kappa shape index (κ3) is 2.23. The second kappa shape index (κ2) is 5.33. The van der Waals surface area contributed by atoms with Crippen LogP contribution in [0.5, 0.6) is 5.88 Å². The Kier molecular flexibility index (Phi) is 4.09. The van der Waals surface area contributed by atoms with Crippen molar-refractivity contribution in [3.05, 3.63) is 27.5 Å². The Hall–Kier alpha value is -1.80. The van der Waals surface area contributed by atoms with Crippen LogP contribution >= 0.6 is 0 Å². The van der Waals surface area contributed by atoms with Crippen LogP contribution < -0.4 is 5.56 Å². The normalized spacial score (nSPS) is 10.1. The van der Waals surface area contributed by atoms with Gasteiger partial charge in [0.1, 0.15) is 11.6 Å². The Morgan fingerprint density at radius 3 is 2.81 bits per heavy atom. The summed E-state index contributed by atoms with van der Waals surface area (Å²) in [7, 11) is 1.51. The lowest BCUT2D eigenvalue weighted by Crippen LogP contribution is -2.23. The first kappa shape index (κ1) is 12.3. The van der Waals surface area contributed by atoms with Crippen LogP contribution in [0.15, 0.2) is 10.9 Å². The summed E-state index contributed by atoms with van der Waals surface area (Å²) in [5.41, 5.74) is 0.419. The zero-order valence-electron chi connectivity index (χ0n) is 9.36. The summed E-state index contributed by atoms with van der Waals surface area (Å²) >= 11 is 0. The molecule has 0 fully saturated rings. The molecule has 0 amide bonds. The van der Waals surface area contributed by atoms with Crippen LogP contribution in [0.3, 0.4) is 0 Å². The molecule has 0 aliphatic carbocycles. The zero-order chi connectivity index (χ0) is 12.1. The van der Waals surface area contributed by atoms with Crippen molar-refractivity contribution in [3.63, 3.8) is 0 Å². The van der Waals surface area contributed by atoms with Crippen LogP contribution in [0.1, 0.15) is 18.1 Å². The molecule has 1 rings (SSSR count). The summed E-state index contributed by atoms with van der Waals surface area (Å²) in [5, 5.41) is 18.7. The van der Waals surface area contributed by atoms with Crippen molar-refractivity contribution >= 4 is 0 Å². The maximum atomic E-state index is 11.6. The third-order valence-electron chi connectivity index (χ3n) is 2.38. The predicted molar refractivity (Wildman–Crippen MR) is 58.3 cm³/mol. The van der Waals surface area contributed by atoms with Crippen molar-refractivity contribution in [3.8, 4) is 11.9 Å². The summed E-state index contributed by atoms with van der Waals surface area (Å²) in [6, 6.07) is 3.29. The Balaban J connectivity index is 3.31. The van der Waals surface area contributed by atoms with Crippen LogP contribution in [-0.4, -0.2) is 23.4 Å². The highest BCUT2D eigenvalue weighted by molar-refractivity contribution is 5.44. The molecule has 0 unspecified atom stereocenters. The van der Waals surface area contributed by atoms with Crippen molar-refractivity contribution in [1.82, 2.24) is 4.57 Å². The van der Waals surface area contributed by atoms with Gasteiger partial charge in [0.05, 0.1) is 13.2 Å². The summed E-state index contributed by atoms with van der Waals surface area (Å²) in [4.78, 5) is 11.6. The van der Waals surface area contributed by atoms with Gasteiger partial charge in [-0.25, -0.2) is 0 Å². The first-order valence-corrected chi connectivity index (χ1v) is 5.00. The van der Waals surface area contributed by atoms with Gasteiger partial charge < -0.3 is 9.84 Å². The number of aromatic hydroxyl groups is 1. The number of hydrogen-bond donors (Lipinski definition) is 1. The fraction of sp³-hybridized carbons (Fsp3) is 0.455. The van der Waals surface area contributed by atoms with Gasteiger partial charge >= 0.3 is 0 Å². The van der Waals surface area contributed by atoms with Crippen LogP contribution in [0, 0.1) is 11.3 Å². The van der Waals surface area contributed by atoms with Gasteiger partial charge in [0.25, 0.3) is 5.56 Å². The highest BCUT2D eigenvalue weighted by Crippen LogP contribution is 2.18. The molecule has 5 nitrogen and oxygen atoms in total. The van der Waals surface area contributed by atoms with Gasteiger partial charge in [-0.3, -0.25) is 9.36 Å². The monoisotopic (exact) mass is 222 g/mol. The average molecular weight is 222 g/mol. The van der Waals surface area contributed by atoms with Crippen molar-refractivity contribution in [2.24, 2.45) is 0 Å². The zero-order valence-corrected chi connectivity index (χ0v) is 9.36. The Morgan fingerprint density at radius 1 is 1.62 bits per heavy atom. The molecule has 0 saturated heterocycles. The summed E-state index contributed by atoms with van der Waals surface area (Å²) in [6.45, 7) is 2.37. The van der Waals surface area contributed by atoms with Gasteiger partial charge in [-0.15, -0.1) is 0 Å². The molecule has 16 heavy (non-hydrogen) atoms. The van der Waals surface area contributed by atoms with Crippen molar-refractivity contribution < 1.29 is 9.84 Å². The van der Waals surface area contributed by atoms with Gasteiger partial charge in [0.2, 0.25) is 5.88 Å². The van der Waals surface area contributed by atoms with E-state index in [0.717, 1.165) is 4.57 Å². The highest BCUT2D eigenvalue weighted by atomic mass is 16.5. The second-order valence-corrected chi connectivity index (χ2v) is 3.32. The van der Waals surface area contributed by atoms with Gasteiger partial charge in [-0.2, -0.15) is 5.26 Å². The van der Waals surface area contributed by atoms with Crippen molar-refractivity contribution in [1.29, 1.82) is 5.26 Å². The molecule has 0 aliphatic heterocycles. The number of aromatic nitrogens is 1. The molecule has 0 atom stereocenters. The fourth-order valence-electron chi connectivity index (χ4n) is 1.48. The van der Waals surface area contributed by atoms with E-state index in [4.69, 9.17) is 10.00 Å². The number of methoxy groups -OCH3 is 1. The first-order valence-electron chi connectivity index (χ1n) is 5.00. The number of nitrogens with zero attached hydrogens (tertiary/aromatic N) is 2. The predicted octanol–water partition coefficient (Wildman–Crippen LogP) is 0.634. The van der Waals surface area contributed by atoms with Gasteiger partial charge in [0, 0.05) is 13.2 Å². The van der Waals surface area contributed by atoms with Crippen LogP contribution in [-0.2, 0) is 17.7 Å². The SMILES string of the molecule is CCc1cc(=O)n(CCOC)c(O)c1C#N. The fourth-order valence-corrected chi connectivity index (χ4v) is 1.48. The van der Waals surface area contributed by atoms with E-state index in [0.29, 0.717) is 18.6 Å². The molecule has 5 heteroatoms. The smallest absolute Gasteiger partial charge is 0.253 e. The molecule has 1 aromatic rings. The van der Waals surface area contributed by atoms with Crippen molar-refractivity contribution in [2.45, 2.75) is 19.9 Å². The van der Waals surface area contributed by atoms with E-state index in [1.165, 1.54) is 13.2 Å². The Bertz CT molecular complexity index is 471. The highest BCUT2D eigenvalue weighted by Gasteiger charge is 2.13. The van der Waals surface area contributed by atoms with E-state index in [1.807, 2.05) is 13.0 Å².